The summed E-state index contributed by atoms with van der Waals surface area (Å²) >= 11 is 3.41. The number of rotatable bonds is 1. The van der Waals surface area contributed by atoms with E-state index >= 15 is 0 Å². The van der Waals surface area contributed by atoms with Crippen LogP contribution in [0.3, 0.4) is 0 Å². The first-order chi connectivity index (χ1) is 8.25. The van der Waals surface area contributed by atoms with E-state index in [1.54, 1.807) is 29.1 Å². The molecular weight excluding hydrogens is 283 g/mol. The largest absolute Gasteiger partial charge is 0.230 e. The van der Waals surface area contributed by atoms with Crippen LogP contribution in [0.2, 0.25) is 0 Å². The maximum absolute atomic E-state index is 13.7. The van der Waals surface area contributed by atoms with Crippen molar-refractivity contribution in [2.75, 3.05) is 0 Å². The Morgan fingerprint density at radius 1 is 1.12 bits per heavy atom. The molecule has 1 aromatic heterocycles. The average Bonchev–Trinajstić information content (AvgIpc) is 2.72. The summed E-state index contributed by atoms with van der Waals surface area (Å²) in [6, 6.07) is 12.4. The highest BCUT2D eigenvalue weighted by Gasteiger charge is 2.08. The molecule has 0 aliphatic carbocycles. The maximum Gasteiger partial charge on any atom is 0.148 e. The summed E-state index contributed by atoms with van der Waals surface area (Å²) in [6.07, 6.45) is 1.73. The van der Waals surface area contributed by atoms with E-state index in [0.717, 1.165) is 15.4 Å². The van der Waals surface area contributed by atoms with Crippen LogP contribution in [0.5, 0.6) is 0 Å². The Hall–Kier alpha value is -1.68. The van der Waals surface area contributed by atoms with Crippen LogP contribution in [-0.4, -0.2) is 9.78 Å². The summed E-state index contributed by atoms with van der Waals surface area (Å²) < 4.78 is 16.3. The molecule has 0 saturated heterocycles. The molecule has 0 aliphatic heterocycles. The fourth-order valence-electron chi connectivity index (χ4n) is 1.81. The Morgan fingerprint density at radius 3 is 2.76 bits per heavy atom. The number of nitrogens with zero attached hydrogens (tertiary/aromatic N) is 2. The van der Waals surface area contributed by atoms with Crippen LogP contribution in [0, 0.1) is 5.82 Å². The minimum absolute atomic E-state index is 0.280. The van der Waals surface area contributed by atoms with Crippen LogP contribution in [0.25, 0.3) is 16.6 Å². The summed E-state index contributed by atoms with van der Waals surface area (Å²) in [6.45, 7) is 0. The molecule has 0 spiro atoms. The van der Waals surface area contributed by atoms with Crippen LogP contribution in [0.4, 0.5) is 4.39 Å². The molecule has 0 fully saturated rings. The van der Waals surface area contributed by atoms with Gasteiger partial charge in [0.15, 0.2) is 0 Å². The molecule has 0 atom stereocenters. The van der Waals surface area contributed by atoms with Gasteiger partial charge in [-0.1, -0.05) is 34.1 Å². The predicted octanol–water partition coefficient (Wildman–Crippen LogP) is 3.93. The van der Waals surface area contributed by atoms with Crippen molar-refractivity contribution < 1.29 is 4.39 Å². The van der Waals surface area contributed by atoms with Crippen molar-refractivity contribution in [3.8, 4) is 5.69 Å². The Balaban J connectivity index is 2.31. The summed E-state index contributed by atoms with van der Waals surface area (Å²) in [4.78, 5) is 0. The summed E-state index contributed by atoms with van der Waals surface area (Å²) in [5.74, 6) is -0.280. The number of aromatic nitrogens is 2. The monoisotopic (exact) mass is 290 g/mol. The van der Waals surface area contributed by atoms with E-state index in [1.165, 1.54) is 6.07 Å². The van der Waals surface area contributed by atoms with Crippen molar-refractivity contribution in [1.29, 1.82) is 0 Å². The highest BCUT2D eigenvalue weighted by molar-refractivity contribution is 9.10. The number of para-hydroxylation sites is 1. The number of halogens is 2. The number of hydrogen-bond donors (Lipinski definition) is 0. The lowest BCUT2D eigenvalue weighted by molar-refractivity contribution is 0.613. The summed E-state index contributed by atoms with van der Waals surface area (Å²) in [5, 5.41) is 5.21. The van der Waals surface area contributed by atoms with Crippen LogP contribution in [0.1, 0.15) is 0 Å². The molecule has 1 heterocycles. The first-order valence-corrected chi connectivity index (χ1v) is 5.93. The third-order valence-electron chi connectivity index (χ3n) is 2.61. The van der Waals surface area contributed by atoms with Gasteiger partial charge in [-0.15, -0.1) is 0 Å². The quantitative estimate of drug-likeness (QED) is 0.664. The van der Waals surface area contributed by atoms with Crippen molar-refractivity contribution >= 4 is 26.8 Å². The highest BCUT2D eigenvalue weighted by Crippen LogP contribution is 2.23. The third-order valence-corrected chi connectivity index (χ3v) is 3.11. The van der Waals surface area contributed by atoms with E-state index in [1.807, 2.05) is 18.2 Å². The number of fused-ring (bicyclic) bond motifs is 1. The Labute approximate surface area is 106 Å². The van der Waals surface area contributed by atoms with E-state index in [-0.39, 0.29) is 5.82 Å². The second-order valence-corrected chi connectivity index (χ2v) is 4.63. The smallest absolute Gasteiger partial charge is 0.148 e. The molecule has 2 aromatic carbocycles. The molecule has 3 rings (SSSR count). The molecule has 0 aliphatic rings. The zero-order chi connectivity index (χ0) is 11.8. The van der Waals surface area contributed by atoms with Gasteiger partial charge in [-0.25, -0.2) is 9.07 Å². The molecule has 84 valence electrons. The summed E-state index contributed by atoms with van der Waals surface area (Å²) in [7, 11) is 0. The zero-order valence-corrected chi connectivity index (χ0v) is 10.4. The standard InChI is InChI=1S/C13H8BrFN2/c14-10-6-5-9-8-16-17(13(9)7-10)12-4-2-1-3-11(12)15/h1-8H. The van der Waals surface area contributed by atoms with Gasteiger partial charge in [0.2, 0.25) is 0 Å². The zero-order valence-electron chi connectivity index (χ0n) is 8.77. The lowest BCUT2D eigenvalue weighted by Gasteiger charge is -2.04. The van der Waals surface area contributed by atoms with Crippen molar-refractivity contribution in [3.63, 3.8) is 0 Å². The van der Waals surface area contributed by atoms with Gasteiger partial charge in [0, 0.05) is 9.86 Å². The van der Waals surface area contributed by atoms with Gasteiger partial charge in [-0.05, 0) is 24.3 Å². The highest BCUT2D eigenvalue weighted by atomic mass is 79.9. The molecule has 0 saturated carbocycles. The third kappa shape index (κ3) is 1.74. The number of hydrogen-bond acceptors (Lipinski definition) is 1. The fourth-order valence-corrected chi connectivity index (χ4v) is 2.16. The van der Waals surface area contributed by atoms with Crippen molar-refractivity contribution in [1.82, 2.24) is 9.78 Å². The fraction of sp³-hybridized carbons (Fsp3) is 0. The second kappa shape index (κ2) is 3.96. The van der Waals surface area contributed by atoms with Gasteiger partial charge in [0.1, 0.15) is 11.5 Å². The average molecular weight is 291 g/mol. The van der Waals surface area contributed by atoms with Crippen LogP contribution >= 0.6 is 15.9 Å². The first kappa shape index (κ1) is 10.5. The number of benzene rings is 2. The molecule has 0 amide bonds. The lowest BCUT2D eigenvalue weighted by atomic mass is 10.2. The Bertz CT molecular complexity index is 691. The SMILES string of the molecule is Fc1ccccc1-n1ncc2ccc(Br)cc21. The maximum atomic E-state index is 13.7. The normalized spacial score (nSPS) is 10.9. The molecule has 0 unspecified atom stereocenters. The van der Waals surface area contributed by atoms with Crippen LogP contribution in [-0.2, 0) is 0 Å². The van der Waals surface area contributed by atoms with Gasteiger partial charge in [0.25, 0.3) is 0 Å². The van der Waals surface area contributed by atoms with Crippen LogP contribution in [0.15, 0.2) is 53.1 Å². The van der Waals surface area contributed by atoms with Gasteiger partial charge in [-0.2, -0.15) is 5.10 Å². The molecular formula is C13H8BrFN2. The molecule has 0 radical (unpaired) electrons. The Kier molecular flexibility index (Phi) is 2.44. The molecule has 17 heavy (non-hydrogen) atoms. The van der Waals surface area contributed by atoms with Crippen molar-refractivity contribution in [3.05, 3.63) is 59.0 Å². The second-order valence-electron chi connectivity index (χ2n) is 3.71. The van der Waals surface area contributed by atoms with Crippen molar-refractivity contribution in [2.45, 2.75) is 0 Å². The van der Waals surface area contributed by atoms with Gasteiger partial charge in [-0.3, -0.25) is 0 Å². The van der Waals surface area contributed by atoms with Crippen molar-refractivity contribution in [2.24, 2.45) is 0 Å². The molecule has 4 heteroatoms. The predicted molar refractivity (Wildman–Crippen MR) is 68.7 cm³/mol. The van der Waals surface area contributed by atoms with Gasteiger partial charge < -0.3 is 0 Å². The van der Waals surface area contributed by atoms with E-state index in [0.29, 0.717) is 5.69 Å². The molecule has 0 bridgehead atoms. The lowest BCUT2D eigenvalue weighted by Crippen LogP contribution is -1.98. The van der Waals surface area contributed by atoms with E-state index < -0.39 is 0 Å². The van der Waals surface area contributed by atoms with Gasteiger partial charge >= 0.3 is 0 Å². The molecule has 2 nitrogen and oxygen atoms in total. The van der Waals surface area contributed by atoms with Crippen LogP contribution < -0.4 is 0 Å². The van der Waals surface area contributed by atoms with Gasteiger partial charge in [0.05, 0.1) is 11.7 Å². The topological polar surface area (TPSA) is 17.8 Å². The van der Waals surface area contributed by atoms with E-state index in [2.05, 4.69) is 21.0 Å². The molecule has 3 aromatic rings. The van der Waals surface area contributed by atoms with E-state index in [9.17, 15) is 4.39 Å². The molecule has 0 N–H and O–H groups in total. The first-order valence-electron chi connectivity index (χ1n) is 5.14. The Morgan fingerprint density at radius 2 is 1.94 bits per heavy atom. The van der Waals surface area contributed by atoms with E-state index in [4.69, 9.17) is 0 Å². The minimum Gasteiger partial charge on any atom is -0.230 e. The summed E-state index contributed by atoms with van der Waals surface area (Å²) in [5.41, 5.74) is 1.34. The minimum atomic E-state index is -0.280.